The maximum Gasteiger partial charge on any atom is 0.165 e. The van der Waals surface area contributed by atoms with E-state index >= 15 is 0 Å². The molecule has 0 radical (unpaired) electrons. The second-order valence-corrected chi connectivity index (χ2v) is 4.24. The van der Waals surface area contributed by atoms with Crippen LogP contribution >= 0.6 is 0 Å². The Labute approximate surface area is 96.6 Å². The Bertz CT molecular complexity index is 350. The molecule has 16 heavy (non-hydrogen) atoms. The third kappa shape index (κ3) is 2.95. The van der Waals surface area contributed by atoms with E-state index in [-0.39, 0.29) is 5.82 Å². The van der Waals surface area contributed by atoms with Crippen LogP contribution in [0.25, 0.3) is 0 Å². The van der Waals surface area contributed by atoms with Gasteiger partial charge in [0, 0.05) is 0 Å². The van der Waals surface area contributed by atoms with Gasteiger partial charge in [-0.3, -0.25) is 0 Å². The smallest absolute Gasteiger partial charge is 0.165 e. The third-order valence-electron chi connectivity index (χ3n) is 2.66. The quantitative estimate of drug-likeness (QED) is 0.836. The van der Waals surface area contributed by atoms with Gasteiger partial charge < -0.3 is 10.5 Å². The third-order valence-corrected chi connectivity index (χ3v) is 2.66. The van der Waals surface area contributed by atoms with E-state index in [1.54, 1.807) is 6.07 Å². The molecule has 1 rings (SSSR count). The van der Waals surface area contributed by atoms with Crippen molar-refractivity contribution in [3.05, 3.63) is 29.1 Å². The number of ether oxygens (including phenoxy) is 1. The van der Waals surface area contributed by atoms with Gasteiger partial charge in [0.2, 0.25) is 0 Å². The van der Waals surface area contributed by atoms with Crippen LogP contribution in [0.4, 0.5) is 4.39 Å². The van der Waals surface area contributed by atoms with Crippen molar-refractivity contribution in [1.82, 2.24) is 0 Å². The molecule has 0 aliphatic carbocycles. The number of rotatable bonds is 5. The molecule has 0 fully saturated rings. The van der Waals surface area contributed by atoms with Crippen LogP contribution in [0.15, 0.2) is 12.1 Å². The first-order chi connectivity index (χ1) is 7.60. The molecule has 0 aliphatic rings. The van der Waals surface area contributed by atoms with Gasteiger partial charge in [0.25, 0.3) is 0 Å². The summed E-state index contributed by atoms with van der Waals surface area (Å²) >= 11 is 0. The number of methoxy groups -OCH3 is 1. The van der Waals surface area contributed by atoms with Crippen molar-refractivity contribution < 1.29 is 9.13 Å². The molecule has 1 aromatic rings. The van der Waals surface area contributed by atoms with Gasteiger partial charge in [-0.25, -0.2) is 4.39 Å². The normalized spacial score (nSPS) is 10.9. The van der Waals surface area contributed by atoms with Crippen LogP contribution in [0, 0.1) is 5.82 Å². The fourth-order valence-corrected chi connectivity index (χ4v) is 1.71. The summed E-state index contributed by atoms with van der Waals surface area (Å²) < 4.78 is 18.8. The summed E-state index contributed by atoms with van der Waals surface area (Å²) in [6, 6.07) is 3.57. The predicted molar refractivity (Wildman–Crippen MR) is 64.4 cm³/mol. The first kappa shape index (κ1) is 13.0. The second kappa shape index (κ2) is 5.85. The predicted octanol–water partition coefficient (Wildman–Crippen LogP) is 2.85. The molecule has 0 unspecified atom stereocenters. The van der Waals surface area contributed by atoms with Crippen molar-refractivity contribution in [3.8, 4) is 5.75 Å². The second-order valence-electron chi connectivity index (χ2n) is 4.24. The molecule has 90 valence electrons. The van der Waals surface area contributed by atoms with Gasteiger partial charge in [-0.05, 0) is 42.5 Å². The minimum Gasteiger partial charge on any atom is -0.493 e. The highest BCUT2D eigenvalue weighted by atomic mass is 19.1. The van der Waals surface area contributed by atoms with E-state index in [0.717, 1.165) is 24.0 Å². The van der Waals surface area contributed by atoms with Crippen molar-refractivity contribution in [2.75, 3.05) is 13.7 Å². The highest BCUT2D eigenvalue weighted by molar-refractivity contribution is 5.40. The van der Waals surface area contributed by atoms with E-state index in [0.29, 0.717) is 18.2 Å². The number of aryl methyl sites for hydroxylation is 1. The summed E-state index contributed by atoms with van der Waals surface area (Å²) in [7, 11) is 1.50. The summed E-state index contributed by atoms with van der Waals surface area (Å²) in [5.41, 5.74) is 7.39. The van der Waals surface area contributed by atoms with E-state index in [9.17, 15) is 4.39 Å². The molecule has 3 heteroatoms. The molecule has 2 N–H and O–H groups in total. The Morgan fingerprint density at radius 2 is 2.06 bits per heavy atom. The minimum absolute atomic E-state index is 0.277. The Kier molecular flexibility index (Phi) is 4.74. The zero-order chi connectivity index (χ0) is 12.1. The van der Waals surface area contributed by atoms with Crippen LogP contribution in [0.1, 0.15) is 37.3 Å². The average Bonchev–Trinajstić information content (AvgIpc) is 2.25. The topological polar surface area (TPSA) is 35.2 Å². The monoisotopic (exact) mass is 225 g/mol. The van der Waals surface area contributed by atoms with E-state index in [2.05, 4.69) is 0 Å². The number of benzene rings is 1. The number of hydrogen-bond acceptors (Lipinski definition) is 2. The number of hydrogen-bond donors (Lipinski definition) is 1. The lowest BCUT2D eigenvalue weighted by Gasteiger charge is -2.13. The highest BCUT2D eigenvalue weighted by Crippen LogP contribution is 2.28. The first-order valence-corrected chi connectivity index (χ1v) is 5.66. The van der Waals surface area contributed by atoms with Gasteiger partial charge >= 0.3 is 0 Å². The Hall–Kier alpha value is -1.09. The Morgan fingerprint density at radius 3 is 2.56 bits per heavy atom. The molecule has 0 aromatic heterocycles. The van der Waals surface area contributed by atoms with Crippen LogP contribution < -0.4 is 10.5 Å². The standard InChI is InChI=1S/C13H20FNO/c1-9(2)11-7-10(5-4-6-15)13(16-3)12(14)8-11/h7-9H,4-6,15H2,1-3H3. The first-order valence-electron chi connectivity index (χ1n) is 5.66. The van der Waals surface area contributed by atoms with Crippen LogP contribution in [0.2, 0.25) is 0 Å². The summed E-state index contributed by atoms with van der Waals surface area (Å²) in [6.45, 7) is 4.71. The van der Waals surface area contributed by atoms with Crippen LogP contribution in [0.5, 0.6) is 5.75 Å². The molecule has 0 bridgehead atoms. The fourth-order valence-electron chi connectivity index (χ4n) is 1.71. The van der Waals surface area contributed by atoms with Crippen molar-refractivity contribution in [1.29, 1.82) is 0 Å². The highest BCUT2D eigenvalue weighted by Gasteiger charge is 2.12. The van der Waals surface area contributed by atoms with E-state index in [4.69, 9.17) is 10.5 Å². The van der Waals surface area contributed by atoms with Crippen molar-refractivity contribution >= 4 is 0 Å². The molecular weight excluding hydrogens is 205 g/mol. The van der Waals surface area contributed by atoms with E-state index < -0.39 is 0 Å². The van der Waals surface area contributed by atoms with Gasteiger partial charge in [-0.15, -0.1) is 0 Å². The molecule has 0 saturated heterocycles. The summed E-state index contributed by atoms with van der Waals surface area (Å²) in [4.78, 5) is 0. The lowest BCUT2D eigenvalue weighted by molar-refractivity contribution is 0.380. The molecule has 1 aromatic carbocycles. The minimum atomic E-state index is -0.277. The zero-order valence-electron chi connectivity index (χ0n) is 10.2. The molecular formula is C13H20FNO. The molecule has 0 atom stereocenters. The zero-order valence-corrected chi connectivity index (χ0v) is 10.2. The van der Waals surface area contributed by atoms with Crippen molar-refractivity contribution in [2.45, 2.75) is 32.6 Å². The van der Waals surface area contributed by atoms with Gasteiger partial charge in [0.15, 0.2) is 11.6 Å². The van der Waals surface area contributed by atoms with Crippen LogP contribution in [0.3, 0.4) is 0 Å². The maximum atomic E-state index is 13.7. The van der Waals surface area contributed by atoms with Crippen molar-refractivity contribution in [3.63, 3.8) is 0 Å². The van der Waals surface area contributed by atoms with Crippen LogP contribution in [-0.4, -0.2) is 13.7 Å². The van der Waals surface area contributed by atoms with Gasteiger partial charge in [0.05, 0.1) is 7.11 Å². The lowest BCUT2D eigenvalue weighted by Crippen LogP contribution is -2.04. The SMILES string of the molecule is COc1c(F)cc(C(C)C)cc1CCCN. The summed E-state index contributed by atoms with van der Waals surface area (Å²) in [5.74, 6) is 0.399. The molecule has 2 nitrogen and oxygen atoms in total. The lowest BCUT2D eigenvalue weighted by atomic mass is 9.98. The average molecular weight is 225 g/mol. The van der Waals surface area contributed by atoms with Crippen LogP contribution in [-0.2, 0) is 6.42 Å². The fraction of sp³-hybridized carbons (Fsp3) is 0.538. The van der Waals surface area contributed by atoms with Gasteiger partial charge in [-0.1, -0.05) is 19.9 Å². The van der Waals surface area contributed by atoms with Gasteiger partial charge in [0.1, 0.15) is 0 Å². The molecule has 0 saturated carbocycles. The molecule has 0 aliphatic heterocycles. The number of halogens is 1. The Balaban J connectivity index is 3.09. The van der Waals surface area contributed by atoms with E-state index in [1.165, 1.54) is 7.11 Å². The van der Waals surface area contributed by atoms with E-state index in [1.807, 2.05) is 19.9 Å². The van der Waals surface area contributed by atoms with Crippen molar-refractivity contribution in [2.24, 2.45) is 5.73 Å². The molecule has 0 amide bonds. The molecule has 0 heterocycles. The summed E-state index contributed by atoms with van der Waals surface area (Å²) in [6.07, 6.45) is 1.61. The summed E-state index contributed by atoms with van der Waals surface area (Å²) in [5, 5.41) is 0. The Morgan fingerprint density at radius 1 is 1.38 bits per heavy atom. The largest absolute Gasteiger partial charge is 0.493 e. The number of nitrogens with two attached hydrogens (primary N) is 1. The maximum absolute atomic E-state index is 13.7. The van der Waals surface area contributed by atoms with Gasteiger partial charge in [-0.2, -0.15) is 0 Å². The molecule has 0 spiro atoms.